The van der Waals surface area contributed by atoms with Crippen molar-refractivity contribution in [3.63, 3.8) is 0 Å². The van der Waals surface area contributed by atoms with E-state index in [0.29, 0.717) is 24.7 Å². The first-order valence-electron chi connectivity index (χ1n) is 14.9. The van der Waals surface area contributed by atoms with Gasteiger partial charge in [0.2, 0.25) is 0 Å². The Balaban J connectivity index is -0.000000367. The minimum absolute atomic E-state index is 0. The van der Waals surface area contributed by atoms with Crippen LogP contribution in [0.3, 0.4) is 0 Å². The second-order valence-electron chi connectivity index (χ2n) is 11.4. The van der Waals surface area contributed by atoms with Gasteiger partial charge in [-0.25, -0.2) is 0 Å². The number of rotatable bonds is 24. The van der Waals surface area contributed by atoms with E-state index in [4.69, 9.17) is 18.6 Å². The van der Waals surface area contributed by atoms with Crippen molar-refractivity contribution in [2.24, 2.45) is 11.8 Å². The van der Waals surface area contributed by atoms with E-state index in [1.807, 2.05) is 0 Å². The number of hydrogen-bond donors (Lipinski definition) is 2. The fourth-order valence-electron chi connectivity index (χ4n) is 3.82. The molecule has 0 aromatic heterocycles. The molecule has 0 rings (SSSR count). The largest absolute Gasteiger partial charge is 1.00 e. The topological polar surface area (TPSA) is 242 Å². The van der Waals surface area contributed by atoms with Crippen molar-refractivity contribution in [3.05, 3.63) is 0 Å². The van der Waals surface area contributed by atoms with E-state index >= 15 is 0 Å². The molecule has 0 aliphatic rings. The zero-order valence-electron chi connectivity index (χ0n) is 28.2. The fourth-order valence-corrected chi connectivity index (χ4v) is 5.14. The normalized spacial score (nSPS) is 12.5. The first-order valence-corrected chi connectivity index (χ1v) is 17.9. The molecule has 0 saturated heterocycles. The van der Waals surface area contributed by atoms with Crippen molar-refractivity contribution in [2.45, 2.75) is 128 Å². The van der Waals surface area contributed by atoms with Crippen LogP contribution in [0.15, 0.2) is 0 Å². The number of ether oxygens (including phenoxy) is 2. The van der Waals surface area contributed by atoms with E-state index < -0.39 is 67.5 Å². The third-order valence-corrected chi connectivity index (χ3v) is 8.45. The third-order valence-electron chi connectivity index (χ3n) is 6.29. The SMILES string of the molecule is CC(C)CCCCCCCOC(=O)C(CC(=O)[O-])S(=O)(=O)O.CC(C)CCCCCCCOC(=O)C(CC(=O)[O-])S(=O)(=O)O.[Na+].[Na+]. The number of hydrogen-bond acceptors (Lipinski definition) is 12. The van der Waals surface area contributed by atoms with Crippen molar-refractivity contribution in [1.82, 2.24) is 0 Å². The zero-order valence-corrected chi connectivity index (χ0v) is 33.9. The molecule has 46 heavy (non-hydrogen) atoms. The van der Waals surface area contributed by atoms with Gasteiger partial charge in [-0.05, 0) is 24.7 Å². The minimum atomic E-state index is -4.82. The summed E-state index contributed by atoms with van der Waals surface area (Å²) >= 11 is 0. The van der Waals surface area contributed by atoms with Crippen LogP contribution in [0.1, 0.15) is 118 Å². The van der Waals surface area contributed by atoms with Crippen LogP contribution >= 0.6 is 0 Å². The van der Waals surface area contributed by atoms with Gasteiger partial charge in [0.25, 0.3) is 20.2 Å². The van der Waals surface area contributed by atoms with E-state index in [1.165, 1.54) is 12.8 Å². The van der Waals surface area contributed by atoms with E-state index in [2.05, 4.69) is 27.7 Å². The molecule has 0 aliphatic carbocycles. The molecule has 260 valence electrons. The first kappa shape index (κ1) is 52.5. The molecule has 0 radical (unpaired) electrons. The predicted molar refractivity (Wildman–Crippen MR) is 157 cm³/mol. The van der Waals surface area contributed by atoms with Gasteiger partial charge in [0.05, 0.1) is 13.2 Å². The molecule has 18 heteroatoms. The molecule has 0 fully saturated rings. The van der Waals surface area contributed by atoms with E-state index in [9.17, 15) is 46.2 Å². The van der Waals surface area contributed by atoms with Crippen LogP contribution in [0.2, 0.25) is 0 Å². The van der Waals surface area contributed by atoms with E-state index in [1.54, 1.807) is 0 Å². The maximum atomic E-state index is 11.5. The molecular weight excluding hydrogens is 670 g/mol. The summed E-state index contributed by atoms with van der Waals surface area (Å²) in [7, 11) is -9.63. The number of unbranched alkanes of at least 4 members (excludes halogenated alkanes) is 8. The summed E-state index contributed by atoms with van der Waals surface area (Å²) in [6.07, 6.45) is 9.37. The van der Waals surface area contributed by atoms with Crippen molar-refractivity contribution < 1.29 is 124 Å². The summed E-state index contributed by atoms with van der Waals surface area (Å²) in [4.78, 5) is 43.7. The van der Waals surface area contributed by atoms with Gasteiger partial charge in [0, 0.05) is 24.8 Å². The summed E-state index contributed by atoms with van der Waals surface area (Å²) in [5.74, 6) is -4.64. The second kappa shape index (κ2) is 29.6. The van der Waals surface area contributed by atoms with Crippen molar-refractivity contribution in [2.75, 3.05) is 13.2 Å². The van der Waals surface area contributed by atoms with E-state index in [-0.39, 0.29) is 72.3 Å². The van der Waals surface area contributed by atoms with Crippen LogP contribution in [0.4, 0.5) is 0 Å². The molecule has 2 unspecified atom stereocenters. The Morgan fingerprint density at radius 2 is 0.804 bits per heavy atom. The molecule has 0 aromatic carbocycles. The van der Waals surface area contributed by atoms with Gasteiger partial charge in [0.1, 0.15) is 0 Å². The number of esters is 2. The number of carbonyl (C=O) groups is 4. The Kier molecular flexibility index (Phi) is 33.8. The average Bonchev–Trinajstić information content (AvgIpc) is 2.87. The smallest absolute Gasteiger partial charge is 0.550 e. The van der Waals surface area contributed by atoms with Crippen LogP contribution in [0.5, 0.6) is 0 Å². The van der Waals surface area contributed by atoms with Gasteiger partial charge >= 0.3 is 71.1 Å². The van der Waals surface area contributed by atoms with Crippen molar-refractivity contribution in [1.29, 1.82) is 0 Å². The number of carbonyl (C=O) groups excluding carboxylic acids is 4. The Morgan fingerprint density at radius 1 is 0.543 bits per heavy atom. The van der Waals surface area contributed by atoms with Gasteiger partial charge < -0.3 is 29.3 Å². The maximum Gasteiger partial charge on any atom is 1.00 e. The molecule has 2 atom stereocenters. The molecule has 0 saturated carbocycles. The van der Waals surface area contributed by atoms with Crippen LogP contribution in [-0.2, 0) is 48.9 Å². The van der Waals surface area contributed by atoms with Gasteiger partial charge in [-0.3, -0.25) is 18.7 Å². The van der Waals surface area contributed by atoms with Crippen LogP contribution in [0.25, 0.3) is 0 Å². The molecule has 14 nitrogen and oxygen atoms in total. The predicted octanol–water partition coefficient (Wildman–Crippen LogP) is -4.15. The van der Waals surface area contributed by atoms with Gasteiger partial charge in [0.15, 0.2) is 10.5 Å². The molecule has 0 amide bonds. The number of carboxylic acids is 2. The first-order chi connectivity index (χ1) is 20.3. The van der Waals surface area contributed by atoms with E-state index in [0.717, 1.165) is 51.4 Å². The Labute approximate surface area is 318 Å². The van der Waals surface area contributed by atoms with Crippen molar-refractivity contribution >= 4 is 44.1 Å². The quantitative estimate of drug-likeness (QED) is 0.0417. The minimum Gasteiger partial charge on any atom is -0.550 e. The molecule has 0 aromatic rings. The third kappa shape index (κ3) is 32.3. The molecule has 0 spiro atoms. The standard InChI is InChI=1S/2C14H26O7S.2Na/c2*1-11(2)8-6-4-3-5-7-9-21-14(17)12(10-13(15)16)22(18,19)20;;/h2*11-12H,3-10H2,1-2H3,(H,15,16)(H,18,19,20);;/q;;2*+1/p-2. The van der Waals surface area contributed by atoms with Crippen LogP contribution in [0, 0.1) is 11.8 Å². The second-order valence-corrected chi connectivity index (χ2v) is 14.6. The van der Waals surface area contributed by atoms with Crippen LogP contribution in [-0.4, -0.2) is 73.5 Å². The molecular formula is C28H50Na2O14S2. The Bertz CT molecular complexity index is 980. The summed E-state index contributed by atoms with van der Waals surface area (Å²) in [5, 5.41) is 16.5. The Morgan fingerprint density at radius 3 is 1.04 bits per heavy atom. The van der Waals surface area contributed by atoms with Gasteiger partial charge in [-0.1, -0.05) is 91.9 Å². The van der Waals surface area contributed by atoms with Crippen molar-refractivity contribution in [3.8, 4) is 0 Å². The fraction of sp³-hybridized carbons (Fsp3) is 0.857. The number of carboxylic acid groups (broad SMARTS) is 2. The maximum absolute atomic E-state index is 11.5. The Hall–Kier alpha value is -0.300. The summed E-state index contributed by atoms with van der Waals surface area (Å²) in [6, 6.07) is 0. The molecule has 0 heterocycles. The molecule has 0 aliphatic heterocycles. The summed E-state index contributed by atoms with van der Waals surface area (Å²) in [5.41, 5.74) is 0. The number of aliphatic carboxylic acids is 2. The van der Waals surface area contributed by atoms with Crippen LogP contribution < -0.4 is 69.3 Å². The molecule has 0 bridgehead atoms. The monoisotopic (exact) mass is 720 g/mol. The summed E-state index contributed by atoms with van der Waals surface area (Å²) in [6.45, 7) is 8.66. The van der Waals surface area contributed by atoms with Gasteiger partial charge in [-0.2, -0.15) is 16.8 Å². The average molecular weight is 721 g/mol. The molecule has 2 N–H and O–H groups in total. The summed E-state index contributed by atoms with van der Waals surface area (Å²) < 4.78 is 70.8. The van der Waals surface area contributed by atoms with Gasteiger partial charge in [-0.15, -0.1) is 0 Å². The zero-order chi connectivity index (χ0) is 34.3.